The summed E-state index contributed by atoms with van der Waals surface area (Å²) < 4.78 is 10.8. The molecule has 2 heterocycles. The van der Waals surface area contributed by atoms with Gasteiger partial charge in [0.2, 0.25) is 0 Å². The zero-order chi connectivity index (χ0) is 12.8. The van der Waals surface area contributed by atoms with Gasteiger partial charge >= 0.3 is 0 Å². The maximum Gasteiger partial charge on any atom is 0.163 e. The molecule has 18 heavy (non-hydrogen) atoms. The van der Waals surface area contributed by atoms with Crippen molar-refractivity contribution in [3.8, 4) is 0 Å². The third-order valence-electron chi connectivity index (χ3n) is 2.69. The van der Waals surface area contributed by atoms with Crippen LogP contribution in [-0.4, -0.2) is 24.8 Å². The standard InChI is InChI=1S/C12H19N5S/c1-3-5-14-12-10(15-18-16-12)9-11-13-6-8-17(11)7-4-2/h6,8H,3-5,7,9H2,1-2H3,(H,14,16). The van der Waals surface area contributed by atoms with E-state index in [1.807, 2.05) is 12.4 Å². The van der Waals surface area contributed by atoms with E-state index < -0.39 is 0 Å². The van der Waals surface area contributed by atoms with Gasteiger partial charge in [0.1, 0.15) is 11.5 Å². The number of aryl methyl sites for hydroxylation is 1. The second kappa shape index (κ2) is 6.49. The van der Waals surface area contributed by atoms with Gasteiger partial charge in [-0.25, -0.2) is 4.98 Å². The van der Waals surface area contributed by atoms with Gasteiger partial charge in [0, 0.05) is 25.5 Å². The van der Waals surface area contributed by atoms with Gasteiger partial charge in [-0.2, -0.15) is 8.75 Å². The Morgan fingerprint density at radius 1 is 1.28 bits per heavy atom. The number of hydrogen-bond donors (Lipinski definition) is 1. The summed E-state index contributed by atoms with van der Waals surface area (Å²) in [7, 11) is 0. The van der Waals surface area contributed by atoms with Gasteiger partial charge in [0.25, 0.3) is 0 Å². The van der Waals surface area contributed by atoms with Crippen LogP contribution in [-0.2, 0) is 13.0 Å². The second-order valence-electron chi connectivity index (χ2n) is 4.20. The van der Waals surface area contributed by atoms with E-state index in [2.05, 4.69) is 37.5 Å². The highest BCUT2D eigenvalue weighted by Gasteiger charge is 2.11. The average molecular weight is 265 g/mol. The van der Waals surface area contributed by atoms with Gasteiger partial charge < -0.3 is 9.88 Å². The molecule has 98 valence electrons. The first-order valence-corrected chi connectivity index (χ1v) is 7.13. The van der Waals surface area contributed by atoms with E-state index in [0.717, 1.165) is 49.7 Å². The summed E-state index contributed by atoms with van der Waals surface area (Å²) >= 11 is 1.26. The quantitative estimate of drug-likeness (QED) is 0.836. The molecular formula is C12H19N5S. The monoisotopic (exact) mass is 265 g/mol. The molecule has 0 saturated heterocycles. The number of aromatic nitrogens is 4. The summed E-state index contributed by atoms with van der Waals surface area (Å²) in [5.41, 5.74) is 0.997. The van der Waals surface area contributed by atoms with Crippen molar-refractivity contribution in [2.75, 3.05) is 11.9 Å². The summed E-state index contributed by atoms with van der Waals surface area (Å²) in [5.74, 6) is 1.97. The highest BCUT2D eigenvalue weighted by molar-refractivity contribution is 6.99. The SMILES string of the molecule is CCCNc1nsnc1Cc1nccn1CCC. The number of anilines is 1. The molecule has 0 spiro atoms. The van der Waals surface area contributed by atoms with E-state index in [1.54, 1.807) is 0 Å². The lowest BCUT2D eigenvalue weighted by molar-refractivity contribution is 0.645. The van der Waals surface area contributed by atoms with E-state index in [1.165, 1.54) is 11.7 Å². The average Bonchev–Trinajstić information content (AvgIpc) is 2.98. The summed E-state index contributed by atoms with van der Waals surface area (Å²) in [4.78, 5) is 4.40. The first-order valence-electron chi connectivity index (χ1n) is 6.40. The van der Waals surface area contributed by atoms with Crippen molar-refractivity contribution in [1.82, 2.24) is 18.3 Å². The molecule has 0 amide bonds. The number of imidazole rings is 1. The van der Waals surface area contributed by atoms with Crippen LogP contribution in [0.3, 0.4) is 0 Å². The Labute approximate surface area is 112 Å². The maximum atomic E-state index is 4.40. The molecule has 0 fully saturated rings. The Hall–Kier alpha value is -1.43. The minimum absolute atomic E-state index is 0.746. The van der Waals surface area contributed by atoms with E-state index in [9.17, 15) is 0 Å². The Bertz CT molecular complexity index is 476. The minimum atomic E-state index is 0.746. The molecule has 2 aromatic rings. The molecule has 0 unspecified atom stereocenters. The van der Waals surface area contributed by atoms with E-state index >= 15 is 0 Å². The van der Waals surface area contributed by atoms with Crippen molar-refractivity contribution in [1.29, 1.82) is 0 Å². The third-order valence-corrected chi connectivity index (χ3v) is 3.26. The van der Waals surface area contributed by atoms with Crippen LogP contribution in [0, 0.1) is 0 Å². The fourth-order valence-corrected chi connectivity index (χ4v) is 2.34. The largest absolute Gasteiger partial charge is 0.368 e. The molecule has 2 aromatic heterocycles. The fourth-order valence-electron chi connectivity index (χ4n) is 1.80. The van der Waals surface area contributed by atoms with E-state index in [0.29, 0.717) is 0 Å². The molecule has 0 saturated carbocycles. The van der Waals surface area contributed by atoms with E-state index in [-0.39, 0.29) is 0 Å². The third kappa shape index (κ3) is 3.07. The van der Waals surface area contributed by atoms with Crippen molar-refractivity contribution in [3.63, 3.8) is 0 Å². The smallest absolute Gasteiger partial charge is 0.163 e. The first kappa shape index (κ1) is 13.0. The molecule has 1 N–H and O–H groups in total. The number of nitrogens with zero attached hydrogens (tertiary/aromatic N) is 4. The molecule has 2 rings (SSSR count). The van der Waals surface area contributed by atoms with Gasteiger partial charge in [0.15, 0.2) is 5.82 Å². The highest BCUT2D eigenvalue weighted by atomic mass is 32.1. The molecule has 5 nitrogen and oxygen atoms in total. The Morgan fingerprint density at radius 3 is 2.94 bits per heavy atom. The van der Waals surface area contributed by atoms with Gasteiger partial charge in [-0.1, -0.05) is 13.8 Å². The predicted molar refractivity (Wildman–Crippen MR) is 74.0 cm³/mol. The summed E-state index contributed by atoms with van der Waals surface area (Å²) in [6.07, 6.45) is 6.82. The van der Waals surface area contributed by atoms with Crippen LogP contribution >= 0.6 is 11.7 Å². The predicted octanol–water partition coefficient (Wildman–Crippen LogP) is 2.56. The molecular weight excluding hydrogens is 246 g/mol. The van der Waals surface area contributed by atoms with Crippen LogP contribution in [0.5, 0.6) is 0 Å². The lowest BCUT2D eigenvalue weighted by Crippen LogP contribution is -2.07. The molecule has 0 aliphatic rings. The van der Waals surface area contributed by atoms with Gasteiger partial charge in [-0.3, -0.25) is 0 Å². The summed E-state index contributed by atoms with van der Waals surface area (Å²) in [5, 5.41) is 3.31. The zero-order valence-corrected chi connectivity index (χ0v) is 11.7. The minimum Gasteiger partial charge on any atom is -0.368 e. The number of nitrogens with one attached hydrogen (secondary N) is 1. The molecule has 0 aliphatic carbocycles. The van der Waals surface area contributed by atoms with Gasteiger partial charge in [-0.05, 0) is 12.8 Å². The highest BCUT2D eigenvalue weighted by Crippen LogP contribution is 2.16. The molecule has 0 atom stereocenters. The van der Waals surface area contributed by atoms with Crippen LogP contribution in [0.25, 0.3) is 0 Å². The lowest BCUT2D eigenvalue weighted by atomic mass is 10.3. The van der Waals surface area contributed by atoms with Crippen molar-refractivity contribution in [2.24, 2.45) is 0 Å². The van der Waals surface area contributed by atoms with Crippen molar-refractivity contribution in [3.05, 3.63) is 23.9 Å². The van der Waals surface area contributed by atoms with Crippen LogP contribution < -0.4 is 5.32 Å². The maximum absolute atomic E-state index is 4.40. The van der Waals surface area contributed by atoms with Crippen LogP contribution in [0.2, 0.25) is 0 Å². The van der Waals surface area contributed by atoms with Crippen molar-refractivity contribution < 1.29 is 0 Å². The van der Waals surface area contributed by atoms with Crippen LogP contribution in [0.1, 0.15) is 38.2 Å². The molecule has 0 bridgehead atoms. The van der Waals surface area contributed by atoms with Crippen molar-refractivity contribution >= 4 is 17.5 Å². The van der Waals surface area contributed by atoms with Crippen LogP contribution in [0.4, 0.5) is 5.82 Å². The number of rotatable bonds is 7. The Morgan fingerprint density at radius 2 is 2.17 bits per heavy atom. The van der Waals surface area contributed by atoms with Gasteiger partial charge in [0.05, 0.1) is 18.1 Å². The molecule has 0 radical (unpaired) electrons. The normalized spacial score (nSPS) is 10.8. The number of hydrogen-bond acceptors (Lipinski definition) is 5. The van der Waals surface area contributed by atoms with Gasteiger partial charge in [-0.15, -0.1) is 0 Å². The molecule has 0 aliphatic heterocycles. The Balaban J connectivity index is 2.08. The topological polar surface area (TPSA) is 55.6 Å². The molecule has 6 heteroatoms. The fraction of sp³-hybridized carbons (Fsp3) is 0.583. The lowest BCUT2D eigenvalue weighted by Gasteiger charge is -2.06. The summed E-state index contributed by atoms with van der Waals surface area (Å²) in [6.45, 7) is 6.25. The van der Waals surface area contributed by atoms with E-state index in [4.69, 9.17) is 0 Å². The van der Waals surface area contributed by atoms with Crippen LogP contribution in [0.15, 0.2) is 12.4 Å². The van der Waals surface area contributed by atoms with Crippen molar-refractivity contribution in [2.45, 2.75) is 39.7 Å². The Kier molecular flexibility index (Phi) is 4.69. The second-order valence-corrected chi connectivity index (χ2v) is 4.73. The summed E-state index contributed by atoms with van der Waals surface area (Å²) in [6, 6.07) is 0. The first-order chi connectivity index (χ1) is 8.85. The molecule has 0 aromatic carbocycles. The zero-order valence-electron chi connectivity index (χ0n) is 10.9.